The molecule has 0 aliphatic carbocycles. The molecule has 4 nitrogen and oxygen atoms in total. The lowest BCUT2D eigenvalue weighted by molar-refractivity contribution is -0.117. The third-order valence-electron chi connectivity index (χ3n) is 3.07. The van der Waals surface area contributed by atoms with E-state index in [2.05, 4.69) is 10.6 Å². The number of benzene rings is 1. The summed E-state index contributed by atoms with van der Waals surface area (Å²) in [6.07, 6.45) is 2.00. The van der Waals surface area contributed by atoms with Crippen molar-refractivity contribution >= 4 is 11.6 Å². The Balaban J connectivity index is 1.87. The first-order valence-corrected chi connectivity index (χ1v) is 6.50. The first-order valence-electron chi connectivity index (χ1n) is 6.50. The van der Waals surface area contributed by atoms with Gasteiger partial charge < -0.3 is 15.4 Å². The molecule has 1 atom stereocenters. The van der Waals surface area contributed by atoms with Crippen LogP contribution < -0.4 is 10.6 Å². The molecule has 1 aromatic carbocycles. The molecule has 1 aromatic rings. The van der Waals surface area contributed by atoms with Crippen LogP contribution >= 0.6 is 0 Å². The van der Waals surface area contributed by atoms with Gasteiger partial charge in [-0.3, -0.25) is 4.79 Å². The van der Waals surface area contributed by atoms with E-state index in [1.54, 1.807) is 0 Å². The van der Waals surface area contributed by atoms with Crippen LogP contribution in [0.1, 0.15) is 25.3 Å². The molecule has 1 saturated heterocycles. The summed E-state index contributed by atoms with van der Waals surface area (Å²) in [6.45, 7) is 4.25. The molecule has 0 aromatic heterocycles. The van der Waals surface area contributed by atoms with Crippen LogP contribution in [0, 0.1) is 0 Å². The third-order valence-corrected chi connectivity index (χ3v) is 3.07. The summed E-state index contributed by atoms with van der Waals surface area (Å²) < 4.78 is 5.32. The maximum atomic E-state index is 11.9. The van der Waals surface area contributed by atoms with Crippen LogP contribution in [0.5, 0.6) is 0 Å². The van der Waals surface area contributed by atoms with Gasteiger partial charge in [0.25, 0.3) is 0 Å². The van der Waals surface area contributed by atoms with Crippen LogP contribution in [-0.4, -0.2) is 25.1 Å². The number of amides is 1. The smallest absolute Gasteiger partial charge is 0.241 e. The zero-order valence-electron chi connectivity index (χ0n) is 10.7. The van der Waals surface area contributed by atoms with Gasteiger partial charge in [0.2, 0.25) is 5.91 Å². The zero-order chi connectivity index (χ0) is 12.8. The number of anilines is 1. The van der Waals surface area contributed by atoms with Gasteiger partial charge in [-0.1, -0.05) is 12.1 Å². The van der Waals surface area contributed by atoms with E-state index in [-0.39, 0.29) is 11.9 Å². The highest BCUT2D eigenvalue weighted by Gasteiger charge is 2.21. The highest BCUT2D eigenvalue weighted by atomic mass is 16.5. The fourth-order valence-electron chi connectivity index (χ4n) is 2.04. The number of rotatable bonds is 5. The maximum Gasteiger partial charge on any atom is 0.241 e. The third kappa shape index (κ3) is 3.55. The minimum Gasteiger partial charge on any atom is -0.377 e. The SMILES string of the molecule is CCOCc1ccc(NC(=O)[C@H]2CCCN2)cc1. The molecular weight excluding hydrogens is 228 g/mol. The van der Waals surface area contributed by atoms with Crippen molar-refractivity contribution < 1.29 is 9.53 Å². The van der Waals surface area contributed by atoms with E-state index in [0.29, 0.717) is 13.2 Å². The highest BCUT2D eigenvalue weighted by Crippen LogP contribution is 2.13. The Morgan fingerprint density at radius 1 is 1.44 bits per heavy atom. The average Bonchev–Trinajstić information content (AvgIpc) is 2.92. The molecule has 4 heteroatoms. The predicted octanol–water partition coefficient (Wildman–Crippen LogP) is 1.91. The Morgan fingerprint density at radius 3 is 2.83 bits per heavy atom. The molecule has 1 amide bonds. The summed E-state index contributed by atoms with van der Waals surface area (Å²) in [5.41, 5.74) is 1.96. The number of hydrogen-bond acceptors (Lipinski definition) is 3. The van der Waals surface area contributed by atoms with E-state index in [4.69, 9.17) is 4.74 Å². The lowest BCUT2D eigenvalue weighted by Crippen LogP contribution is -2.35. The molecule has 0 radical (unpaired) electrons. The lowest BCUT2D eigenvalue weighted by Gasteiger charge is -2.11. The van der Waals surface area contributed by atoms with Gasteiger partial charge in [0.15, 0.2) is 0 Å². The molecule has 98 valence electrons. The second-order valence-corrected chi connectivity index (χ2v) is 4.47. The van der Waals surface area contributed by atoms with Crippen molar-refractivity contribution in [2.24, 2.45) is 0 Å². The summed E-state index contributed by atoms with van der Waals surface area (Å²) in [5.74, 6) is 0.0602. The van der Waals surface area contributed by atoms with Crippen LogP contribution in [-0.2, 0) is 16.1 Å². The van der Waals surface area contributed by atoms with Crippen molar-refractivity contribution in [3.8, 4) is 0 Å². The highest BCUT2D eigenvalue weighted by molar-refractivity contribution is 5.94. The van der Waals surface area contributed by atoms with E-state index in [1.807, 2.05) is 31.2 Å². The normalized spacial score (nSPS) is 18.8. The monoisotopic (exact) mass is 248 g/mol. The Morgan fingerprint density at radius 2 is 2.22 bits per heavy atom. The fraction of sp³-hybridized carbons (Fsp3) is 0.500. The predicted molar refractivity (Wildman–Crippen MR) is 71.4 cm³/mol. The van der Waals surface area contributed by atoms with E-state index >= 15 is 0 Å². The Kier molecular flexibility index (Phi) is 4.73. The first kappa shape index (κ1) is 13.1. The quantitative estimate of drug-likeness (QED) is 0.837. The van der Waals surface area contributed by atoms with Crippen LogP contribution in [0.15, 0.2) is 24.3 Å². The number of nitrogens with one attached hydrogen (secondary N) is 2. The average molecular weight is 248 g/mol. The Labute approximate surface area is 108 Å². The van der Waals surface area contributed by atoms with Crippen molar-refractivity contribution in [3.63, 3.8) is 0 Å². The number of carbonyl (C=O) groups is 1. The Bertz CT molecular complexity index is 383. The molecule has 0 bridgehead atoms. The molecule has 0 saturated carbocycles. The molecule has 1 aliphatic heterocycles. The molecule has 1 heterocycles. The van der Waals surface area contributed by atoms with E-state index in [1.165, 1.54) is 0 Å². The molecule has 2 N–H and O–H groups in total. The molecule has 2 rings (SSSR count). The number of hydrogen-bond donors (Lipinski definition) is 2. The fourth-order valence-corrected chi connectivity index (χ4v) is 2.04. The van der Waals surface area contributed by atoms with Crippen molar-refractivity contribution in [1.29, 1.82) is 0 Å². The second-order valence-electron chi connectivity index (χ2n) is 4.47. The van der Waals surface area contributed by atoms with Crippen LogP contribution in [0.3, 0.4) is 0 Å². The van der Waals surface area contributed by atoms with Crippen molar-refractivity contribution in [3.05, 3.63) is 29.8 Å². The minimum absolute atomic E-state index is 0.0342. The van der Waals surface area contributed by atoms with Crippen LogP contribution in [0.4, 0.5) is 5.69 Å². The van der Waals surface area contributed by atoms with Crippen molar-refractivity contribution in [1.82, 2.24) is 5.32 Å². The number of carbonyl (C=O) groups excluding carboxylic acids is 1. The van der Waals surface area contributed by atoms with Gasteiger partial charge in [0, 0.05) is 12.3 Å². The summed E-state index contributed by atoms with van der Waals surface area (Å²) in [4.78, 5) is 11.9. The summed E-state index contributed by atoms with van der Waals surface area (Å²) in [5, 5.41) is 6.11. The molecule has 18 heavy (non-hydrogen) atoms. The molecule has 0 unspecified atom stereocenters. The standard InChI is InChI=1S/C14H20N2O2/c1-2-18-10-11-5-7-12(8-6-11)16-14(17)13-4-3-9-15-13/h5-8,13,15H,2-4,9-10H2,1H3,(H,16,17)/t13-/m1/s1. The van der Waals surface area contributed by atoms with E-state index < -0.39 is 0 Å². The van der Waals surface area contributed by atoms with Gasteiger partial charge in [-0.15, -0.1) is 0 Å². The first-order chi connectivity index (χ1) is 8.79. The van der Waals surface area contributed by atoms with Crippen molar-refractivity contribution in [2.75, 3.05) is 18.5 Å². The summed E-state index contributed by atoms with van der Waals surface area (Å²) in [6, 6.07) is 7.76. The van der Waals surface area contributed by atoms with Gasteiger partial charge in [-0.05, 0) is 44.0 Å². The second kappa shape index (κ2) is 6.52. The Hall–Kier alpha value is -1.39. The number of ether oxygens (including phenoxy) is 1. The largest absolute Gasteiger partial charge is 0.377 e. The minimum atomic E-state index is -0.0342. The van der Waals surface area contributed by atoms with Crippen LogP contribution in [0.2, 0.25) is 0 Å². The van der Waals surface area contributed by atoms with Gasteiger partial charge in [-0.25, -0.2) is 0 Å². The van der Waals surface area contributed by atoms with Gasteiger partial charge in [-0.2, -0.15) is 0 Å². The molecule has 1 aliphatic rings. The topological polar surface area (TPSA) is 50.4 Å². The van der Waals surface area contributed by atoms with Gasteiger partial charge in [0.05, 0.1) is 12.6 Å². The maximum absolute atomic E-state index is 11.9. The van der Waals surface area contributed by atoms with E-state index in [0.717, 1.165) is 30.6 Å². The lowest BCUT2D eigenvalue weighted by atomic mass is 10.2. The summed E-state index contributed by atoms with van der Waals surface area (Å²) in [7, 11) is 0. The zero-order valence-corrected chi connectivity index (χ0v) is 10.7. The molecule has 1 fully saturated rings. The van der Waals surface area contributed by atoms with Gasteiger partial charge >= 0.3 is 0 Å². The van der Waals surface area contributed by atoms with Crippen molar-refractivity contribution in [2.45, 2.75) is 32.4 Å². The molecule has 0 spiro atoms. The van der Waals surface area contributed by atoms with Crippen LogP contribution in [0.25, 0.3) is 0 Å². The van der Waals surface area contributed by atoms with E-state index in [9.17, 15) is 4.79 Å². The summed E-state index contributed by atoms with van der Waals surface area (Å²) >= 11 is 0. The molecular formula is C14H20N2O2. The van der Waals surface area contributed by atoms with Gasteiger partial charge in [0.1, 0.15) is 0 Å².